The number of esters is 1. The van der Waals surface area contributed by atoms with Crippen LogP contribution < -0.4 is 5.32 Å². The molecule has 2 heterocycles. The summed E-state index contributed by atoms with van der Waals surface area (Å²) in [6.45, 7) is 2.13. The summed E-state index contributed by atoms with van der Waals surface area (Å²) in [6, 6.07) is 15.5. The molecular weight excluding hydrogens is 378 g/mol. The molecule has 0 aliphatic carbocycles. The summed E-state index contributed by atoms with van der Waals surface area (Å²) < 4.78 is 5.25. The monoisotopic (exact) mass is 397 g/mol. The smallest absolute Gasteiger partial charge is 0.340 e. The number of nitrogens with one attached hydrogen (secondary N) is 1. The van der Waals surface area contributed by atoms with Gasteiger partial charge >= 0.3 is 5.97 Å². The molecule has 0 saturated carbocycles. The number of amides is 1. The molecule has 0 spiro atoms. The Kier molecular flexibility index (Phi) is 6.57. The van der Waals surface area contributed by atoms with Crippen LogP contribution in [0.25, 0.3) is 11.6 Å². The molecule has 6 heteroatoms. The van der Waals surface area contributed by atoms with Gasteiger partial charge in [0.25, 0.3) is 5.91 Å². The van der Waals surface area contributed by atoms with Crippen LogP contribution in [0, 0.1) is 6.92 Å². The van der Waals surface area contributed by atoms with Gasteiger partial charge in [-0.2, -0.15) is 0 Å². The topological polar surface area (TPSA) is 55.4 Å². The lowest BCUT2D eigenvalue weighted by molar-refractivity contribution is -0.142. The van der Waals surface area contributed by atoms with Crippen LogP contribution in [0.1, 0.15) is 20.9 Å². The summed E-state index contributed by atoms with van der Waals surface area (Å²) >= 11 is 3.02. The third-order valence-electron chi connectivity index (χ3n) is 3.73. The molecule has 0 aliphatic heterocycles. The van der Waals surface area contributed by atoms with Crippen LogP contribution in [0.5, 0.6) is 0 Å². The molecule has 3 aromatic rings. The lowest BCUT2D eigenvalue weighted by Crippen LogP contribution is -2.28. The van der Waals surface area contributed by atoms with Crippen molar-refractivity contribution in [3.8, 4) is 0 Å². The van der Waals surface area contributed by atoms with Gasteiger partial charge in [0.1, 0.15) is 0 Å². The molecule has 3 rings (SSSR count). The van der Waals surface area contributed by atoms with Crippen molar-refractivity contribution in [2.24, 2.45) is 0 Å². The van der Waals surface area contributed by atoms with Crippen molar-refractivity contribution in [3.63, 3.8) is 0 Å². The average Bonchev–Trinajstić information content (AvgIpc) is 3.36. The molecule has 0 fully saturated rings. The first kappa shape index (κ1) is 19.1. The number of carbonyl (C=O) groups excluding carboxylic acids is 2. The lowest BCUT2D eigenvalue weighted by atomic mass is 10.1. The maximum atomic E-state index is 12.6. The zero-order valence-corrected chi connectivity index (χ0v) is 16.4. The van der Waals surface area contributed by atoms with Gasteiger partial charge < -0.3 is 10.1 Å². The molecule has 138 valence electrons. The third-order valence-corrected chi connectivity index (χ3v) is 5.51. The van der Waals surface area contributed by atoms with E-state index in [1.165, 1.54) is 11.3 Å². The quantitative estimate of drug-likeness (QED) is 0.471. The highest BCUT2D eigenvalue weighted by molar-refractivity contribution is 7.11. The van der Waals surface area contributed by atoms with Crippen LogP contribution in [-0.2, 0) is 20.9 Å². The van der Waals surface area contributed by atoms with E-state index in [2.05, 4.69) is 5.32 Å². The van der Waals surface area contributed by atoms with E-state index >= 15 is 0 Å². The van der Waals surface area contributed by atoms with Crippen LogP contribution in [0.15, 0.2) is 59.3 Å². The Morgan fingerprint density at radius 2 is 1.89 bits per heavy atom. The molecule has 27 heavy (non-hydrogen) atoms. The molecular formula is C21H19NO3S2. The summed E-state index contributed by atoms with van der Waals surface area (Å²) in [6.07, 6.45) is 1.80. The molecule has 0 bridgehead atoms. The third kappa shape index (κ3) is 5.64. The highest BCUT2D eigenvalue weighted by Gasteiger charge is 2.16. The Hall–Kier alpha value is -2.70. The molecule has 0 aliphatic rings. The number of carbonyl (C=O) groups is 2. The first-order valence-electron chi connectivity index (χ1n) is 8.40. The molecule has 0 atom stereocenters. The van der Waals surface area contributed by atoms with Crippen molar-refractivity contribution in [2.75, 3.05) is 6.61 Å². The van der Waals surface area contributed by atoms with E-state index in [1.54, 1.807) is 17.4 Å². The number of hydrogen-bond donors (Lipinski definition) is 1. The van der Waals surface area contributed by atoms with E-state index in [1.807, 2.05) is 66.2 Å². The van der Waals surface area contributed by atoms with Gasteiger partial charge in [-0.25, -0.2) is 4.79 Å². The molecule has 0 unspecified atom stereocenters. The van der Waals surface area contributed by atoms with Gasteiger partial charge in [0, 0.05) is 9.75 Å². The normalized spacial score (nSPS) is 11.2. The largest absolute Gasteiger partial charge is 0.452 e. The van der Waals surface area contributed by atoms with Crippen molar-refractivity contribution in [3.05, 3.63) is 80.2 Å². The molecule has 2 aromatic heterocycles. The predicted molar refractivity (Wildman–Crippen MR) is 110 cm³/mol. The molecule has 0 radical (unpaired) electrons. The molecule has 1 amide bonds. The minimum Gasteiger partial charge on any atom is -0.452 e. The van der Waals surface area contributed by atoms with E-state index in [4.69, 9.17) is 4.74 Å². The van der Waals surface area contributed by atoms with E-state index in [9.17, 15) is 9.59 Å². The van der Waals surface area contributed by atoms with Crippen molar-refractivity contribution in [1.82, 2.24) is 5.32 Å². The van der Waals surface area contributed by atoms with Crippen molar-refractivity contribution >= 4 is 46.2 Å². The number of thiophene rings is 2. The van der Waals surface area contributed by atoms with Gasteiger partial charge in [-0.1, -0.05) is 42.0 Å². The van der Waals surface area contributed by atoms with E-state index in [0.29, 0.717) is 12.1 Å². The second-order valence-electron chi connectivity index (χ2n) is 5.88. The van der Waals surface area contributed by atoms with Crippen LogP contribution in [-0.4, -0.2) is 18.5 Å². The first-order valence-corrected chi connectivity index (χ1v) is 10.2. The first-order chi connectivity index (χ1) is 13.1. The zero-order valence-electron chi connectivity index (χ0n) is 14.8. The number of rotatable bonds is 7. The highest BCUT2D eigenvalue weighted by atomic mass is 32.1. The maximum Gasteiger partial charge on any atom is 0.340 e. The second kappa shape index (κ2) is 9.30. The summed E-state index contributed by atoms with van der Waals surface area (Å²) in [4.78, 5) is 26.4. The van der Waals surface area contributed by atoms with E-state index in [0.717, 1.165) is 20.9 Å². The summed E-state index contributed by atoms with van der Waals surface area (Å²) in [5.41, 5.74) is 2.47. The van der Waals surface area contributed by atoms with Gasteiger partial charge in [-0.3, -0.25) is 4.79 Å². The van der Waals surface area contributed by atoms with Crippen LogP contribution >= 0.6 is 22.7 Å². The Morgan fingerprint density at radius 1 is 1.07 bits per heavy atom. The Labute approximate surface area is 166 Å². The molecule has 1 N–H and O–H groups in total. The number of ether oxygens (including phenoxy) is 1. The van der Waals surface area contributed by atoms with E-state index in [-0.39, 0.29) is 12.5 Å². The maximum absolute atomic E-state index is 12.6. The van der Waals surface area contributed by atoms with Gasteiger partial charge in [-0.05, 0) is 41.5 Å². The van der Waals surface area contributed by atoms with Gasteiger partial charge in [0.15, 0.2) is 6.61 Å². The van der Waals surface area contributed by atoms with Gasteiger partial charge in [-0.15, -0.1) is 22.7 Å². The van der Waals surface area contributed by atoms with Crippen LogP contribution in [0.3, 0.4) is 0 Å². The fraction of sp³-hybridized carbons (Fsp3) is 0.143. The average molecular weight is 398 g/mol. The van der Waals surface area contributed by atoms with E-state index < -0.39 is 5.97 Å². The van der Waals surface area contributed by atoms with Crippen LogP contribution in [0.4, 0.5) is 0 Å². The standard InChI is InChI=1S/C21H19NO3S2/c1-15-5-2-6-16(11-15)12-18(19-8-4-10-27-19)21(24)25-14-20(23)22-13-17-7-3-9-26-17/h2-12H,13-14H2,1H3,(H,22,23)/b18-12+. The minimum absolute atomic E-state index is 0.305. The van der Waals surface area contributed by atoms with Crippen molar-refractivity contribution < 1.29 is 14.3 Å². The second-order valence-corrected chi connectivity index (χ2v) is 7.86. The minimum atomic E-state index is -0.509. The van der Waals surface area contributed by atoms with Crippen molar-refractivity contribution in [1.29, 1.82) is 0 Å². The Morgan fingerprint density at radius 3 is 2.59 bits per heavy atom. The lowest BCUT2D eigenvalue weighted by Gasteiger charge is -2.08. The molecule has 4 nitrogen and oxygen atoms in total. The van der Waals surface area contributed by atoms with Gasteiger partial charge in [0.05, 0.1) is 12.1 Å². The van der Waals surface area contributed by atoms with Crippen molar-refractivity contribution in [2.45, 2.75) is 13.5 Å². The fourth-order valence-corrected chi connectivity index (χ4v) is 3.82. The van der Waals surface area contributed by atoms with Gasteiger partial charge in [0.2, 0.25) is 0 Å². The number of benzene rings is 1. The summed E-state index contributed by atoms with van der Waals surface area (Å²) in [7, 11) is 0. The summed E-state index contributed by atoms with van der Waals surface area (Å²) in [5.74, 6) is -0.830. The number of aryl methyl sites for hydroxylation is 1. The predicted octanol–water partition coefficient (Wildman–Crippen LogP) is 4.52. The zero-order chi connectivity index (χ0) is 19.1. The van der Waals surface area contributed by atoms with Crippen LogP contribution in [0.2, 0.25) is 0 Å². The molecule has 1 aromatic carbocycles. The molecule has 0 saturated heterocycles. The SMILES string of the molecule is Cc1cccc(/C=C(/C(=O)OCC(=O)NCc2cccs2)c2cccs2)c1. The number of hydrogen-bond acceptors (Lipinski definition) is 5. The summed E-state index contributed by atoms with van der Waals surface area (Å²) in [5, 5.41) is 6.60. The Bertz CT molecular complexity index is 928. The Balaban J connectivity index is 1.65. The fourth-order valence-electron chi connectivity index (χ4n) is 2.45. The highest BCUT2D eigenvalue weighted by Crippen LogP contribution is 2.24.